The lowest BCUT2D eigenvalue weighted by Crippen LogP contribution is -2.39. The van der Waals surface area contributed by atoms with E-state index < -0.39 is 5.97 Å². The zero-order valence-electron chi connectivity index (χ0n) is 16.3. The summed E-state index contributed by atoms with van der Waals surface area (Å²) in [5.41, 5.74) is 2.03. The number of aryl methyl sites for hydroxylation is 1. The van der Waals surface area contributed by atoms with E-state index in [1.165, 1.54) is 6.20 Å². The van der Waals surface area contributed by atoms with Crippen LogP contribution < -0.4 is 0 Å². The van der Waals surface area contributed by atoms with E-state index in [0.717, 1.165) is 5.56 Å². The Morgan fingerprint density at radius 1 is 1.14 bits per heavy atom. The molecule has 1 aliphatic rings. The van der Waals surface area contributed by atoms with Gasteiger partial charge in [0.25, 0.3) is 5.91 Å². The minimum Gasteiger partial charge on any atom is -0.478 e. The maximum Gasteiger partial charge on any atom is 0.339 e. The minimum absolute atomic E-state index is 0.0745. The minimum atomic E-state index is -0.975. The van der Waals surface area contributed by atoms with Crippen LogP contribution in [0.1, 0.15) is 51.2 Å². The Balaban J connectivity index is 1.46. The van der Waals surface area contributed by atoms with Crippen molar-refractivity contribution in [3.63, 3.8) is 0 Å². The summed E-state index contributed by atoms with van der Waals surface area (Å²) in [5, 5.41) is 13.5. The number of aromatic nitrogens is 3. The predicted molar refractivity (Wildman–Crippen MR) is 105 cm³/mol. The molecule has 0 radical (unpaired) electrons. The molecule has 1 saturated heterocycles. The molecule has 0 saturated carbocycles. The highest BCUT2D eigenvalue weighted by Gasteiger charge is 2.29. The van der Waals surface area contributed by atoms with Gasteiger partial charge in [0.05, 0.1) is 17.9 Å². The number of rotatable bonds is 4. The monoisotopic (exact) mass is 394 g/mol. The average Bonchev–Trinajstić information content (AvgIpc) is 3.31. The first-order valence-corrected chi connectivity index (χ1v) is 9.55. The maximum absolute atomic E-state index is 13.0. The molecule has 1 aliphatic heterocycles. The van der Waals surface area contributed by atoms with Gasteiger partial charge < -0.3 is 14.4 Å². The fourth-order valence-electron chi connectivity index (χ4n) is 3.76. The lowest BCUT2D eigenvalue weighted by Gasteiger charge is -2.32. The molecule has 1 aromatic carbocycles. The lowest BCUT2D eigenvalue weighted by molar-refractivity contribution is 0.0681. The van der Waals surface area contributed by atoms with Gasteiger partial charge in [0.15, 0.2) is 5.69 Å². The molecule has 0 unspecified atom stereocenters. The lowest BCUT2D eigenvalue weighted by atomic mass is 10.0. The van der Waals surface area contributed by atoms with Crippen LogP contribution in [-0.4, -0.2) is 49.7 Å². The van der Waals surface area contributed by atoms with Crippen molar-refractivity contribution in [3.8, 4) is 11.5 Å². The number of carboxylic acid groups (broad SMARTS) is 1. The molecular formula is C21H22N4O4. The summed E-state index contributed by atoms with van der Waals surface area (Å²) in [6, 6.07) is 9.56. The first kappa shape index (κ1) is 18.9. The van der Waals surface area contributed by atoms with Crippen LogP contribution in [0.25, 0.3) is 11.5 Å². The van der Waals surface area contributed by atoms with E-state index in [1.54, 1.807) is 23.4 Å². The second-order valence-electron chi connectivity index (χ2n) is 7.21. The number of amides is 1. The summed E-state index contributed by atoms with van der Waals surface area (Å²) in [5.74, 6) is -0.174. The Morgan fingerprint density at radius 2 is 1.83 bits per heavy atom. The number of piperidine rings is 1. The van der Waals surface area contributed by atoms with Gasteiger partial charge in [-0.1, -0.05) is 18.2 Å². The van der Waals surface area contributed by atoms with E-state index in [2.05, 4.69) is 10.1 Å². The average molecular weight is 394 g/mol. The van der Waals surface area contributed by atoms with Gasteiger partial charge in [0, 0.05) is 18.7 Å². The maximum atomic E-state index is 13.0. The summed E-state index contributed by atoms with van der Waals surface area (Å²) in [4.78, 5) is 30.4. The van der Waals surface area contributed by atoms with Gasteiger partial charge in [0.1, 0.15) is 11.3 Å². The van der Waals surface area contributed by atoms with Crippen LogP contribution in [0.15, 0.2) is 40.9 Å². The zero-order valence-corrected chi connectivity index (χ0v) is 16.3. The Kier molecular flexibility index (Phi) is 4.92. The molecule has 0 aliphatic carbocycles. The molecule has 3 aromatic rings. The largest absolute Gasteiger partial charge is 0.478 e. The Bertz CT molecular complexity index is 1050. The van der Waals surface area contributed by atoms with Crippen molar-refractivity contribution in [2.24, 2.45) is 0 Å². The van der Waals surface area contributed by atoms with Crippen LogP contribution in [0.3, 0.4) is 0 Å². The molecular weight excluding hydrogens is 372 g/mol. The van der Waals surface area contributed by atoms with E-state index in [0.29, 0.717) is 49.0 Å². The molecule has 4 rings (SSSR count). The molecule has 0 spiro atoms. The fraction of sp³-hybridized carbons (Fsp3) is 0.333. The summed E-state index contributed by atoms with van der Waals surface area (Å²) in [6.07, 6.45) is 2.80. The molecule has 0 atom stereocenters. The van der Waals surface area contributed by atoms with Crippen LogP contribution in [0.5, 0.6) is 0 Å². The van der Waals surface area contributed by atoms with E-state index in [1.807, 2.05) is 30.3 Å². The predicted octanol–water partition coefficient (Wildman–Crippen LogP) is 3.33. The third-order valence-corrected chi connectivity index (χ3v) is 5.39. The van der Waals surface area contributed by atoms with Gasteiger partial charge in [-0.3, -0.25) is 9.48 Å². The third kappa shape index (κ3) is 3.53. The number of nitrogens with zero attached hydrogens (tertiary/aromatic N) is 4. The van der Waals surface area contributed by atoms with Crippen LogP contribution >= 0.6 is 0 Å². The Hall–Kier alpha value is -3.42. The Morgan fingerprint density at radius 3 is 2.45 bits per heavy atom. The quantitative estimate of drug-likeness (QED) is 0.728. The van der Waals surface area contributed by atoms with Crippen LogP contribution in [0.2, 0.25) is 0 Å². The number of benzene rings is 1. The van der Waals surface area contributed by atoms with E-state index >= 15 is 0 Å². The number of carbonyl (C=O) groups excluding carboxylic acids is 1. The van der Waals surface area contributed by atoms with Crippen molar-refractivity contribution in [3.05, 3.63) is 59.2 Å². The van der Waals surface area contributed by atoms with Gasteiger partial charge in [0.2, 0.25) is 5.89 Å². The molecule has 150 valence electrons. The molecule has 0 bridgehead atoms. The topological polar surface area (TPSA) is 101 Å². The summed E-state index contributed by atoms with van der Waals surface area (Å²) in [6.45, 7) is 4.62. The number of carbonyl (C=O) groups is 2. The molecule has 29 heavy (non-hydrogen) atoms. The molecule has 1 fully saturated rings. The van der Waals surface area contributed by atoms with Gasteiger partial charge in [-0.2, -0.15) is 5.10 Å². The highest BCUT2D eigenvalue weighted by atomic mass is 16.4. The van der Waals surface area contributed by atoms with Crippen LogP contribution in [0.4, 0.5) is 0 Å². The number of hydrogen-bond acceptors (Lipinski definition) is 5. The summed E-state index contributed by atoms with van der Waals surface area (Å²) < 4.78 is 7.48. The molecule has 2 aromatic heterocycles. The first-order valence-electron chi connectivity index (χ1n) is 9.55. The van der Waals surface area contributed by atoms with Crippen molar-refractivity contribution in [1.29, 1.82) is 0 Å². The number of likely N-dealkylation sites (tertiary alicyclic amines) is 1. The van der Waals surface area contributed by atoms with Gasteiger partial charge in [-0.15, -0.1) is 0 Å². The molecule has 1 N–H and O–H groups in total. The molecule has 1 amide bonds. The number of aromatic carboxylic acids is 1. The van der Waals surface area contributed by atoms with Crippen LogP contribution in [0, 0.1) is 13.8 Å². The normalized spacial score (nSPS) is 14.9. The van der Waals surface area contributed by atoms with Crippen molar-refractivity contribution in [2.75, 3.05) is 13.1 Å². The fourth-order valence-corrected chi connectivity index (χ4v) is 3.76. The number of oxazole rings is 1. The molecule has 8 nitrogen and oxygen atoms in total. The highest BCUT2D eigenvalue weighted by molar-refractivity contribution is 5.93. The standard InChI is InChI=1S/C21H22N4O4/c1-13-17(21(27)28)12-22-25(13)16-8-10-24(11-9-16)20(26)18-14(2)29-19(23-18)15-6-4-3-5-7-15/h3-7,12,16H,8-11H2,1-2H3,(H,27,28). The van der Waals surface area contributed by atoms with Crippen molar-refractivity contribution in [2.45, 2.75) is 32.7 Å². The smallest absolute Gasteiger partial charge is 0.339 e. The highest BCUT2D eigenvalue weighted by Crippen LogP contribution is 2.27. The second-order valence-corrected chi connectivity index (χ2v) is 7.21. The molecule has 8 heteroatoms. The molecule has 3 heterocycles. The van der Waals surface area contributed by atoms with Crippen molar-refractivity contribution < 1.29 is 19.1 Å². The first-order chi connectivity index (χ1) is 14.0. The van der Waals surface area contributed by atoms with E-state index in [4.69, 9.17) is 4.42 Å². The number of hydrogen-bond donors (Lipinski definition) is 1. The van der Waals surface area contributed by atoms with Gasteiger partial charge in [-0.05, 0) is 38.8 Å². The van der Waals surface area contributed by atoms with Crippen molar-refractivity contribution in [1.82, 2.24) is 19.7 Å². The Labute approximate surface area is 167 Å². The number of carboxylic acids is 1. The van der Waals surface area contributed by atoms with Crippen LogP contribution in [-0.2, 0) is 0 Å². The van der Waals surface area contributed by atoms with E-state index in [-0.39, 0.29) is 17.5 Å². The summed E-state index contributed by atoms with van der Waals surface area (Å²) >= 11 is 0. The SMILES string of the molecule is Cc1oc(-c2ccccc2)nc1C(=O)N1CCC(n2ncc(C(=O)O)c2C)CC1. The van der Waals surface area contributed by atoms with Gasteiger partial charge in [-0.25, -0.2) is 9.78 Å². The van der Waals surface area contributed by atoms with E-state index in [9.17, 15) is 14.7 Å². The van der Waals surface area contributed by atoms with Gasteiger partial charge >= 0.3 is 5.97 Å². The summed E-state index contributed by atoms with van der Waals surface area (Å²) in [7, 11) is 0. The third-order valence-electron chi connectivity index (χ3n) is 5.39. The zero-order chi connectivity index (χ0) is 20.5. The van der Waals surface area contributed by atoms with Crippen molar-refractivity contribution >= 4 is 11.9 Å². The second kappa shape index (κ2) is 7.54.